The molecule has 0 aromatic carbocycles. The van der Waals surface area contributed by atoms with E-state index in [2.05, 4.69) is 17.2 Å². The first-order valence-electron chi connectivity index (χ1n) is 4.45. The Hall–Kier alpha value is -0.640. The first-order valence-corrected chi connectivity index (χ1v) is 4.45. The monoisotopic (exact) mass is 201 g/mol. The van der Waals surface area contributed by atoms with Gasteiger partial charge in [0.1, 0.15) is 18.3 Å². The summed E-state index contributed by atoms with van der Waals surface area (Å²) >= 11 is 0. The van der Waals surface area contributed by atoms with Gasteiger partial charge in [-0.2, -0.15) is 0 Å². The predicted octanol–water partition coefficient (Wildman–Crippen LogP) is -2.57. The van der Waals surface area contributed by atoms with Crippen LogP contribution in [0.3, 0.4) is 0 Å². The lowest BCUT2D eigenvalue weighted by Gasteiger charge is -2.38. The zero-order chi connectivity index (χ0) is 10.7. The normalized spacial score (nSPS) is 42.8. The number of aliphatic hydroxyl groups is 4. The van der Waals surface area contributed by atoms with Gasteiger partial charge in [0.05, 0.1) is 18.7 Å². The minimum absolute atomic E-state index is 0.313. The molecule has 0 unspecified atom stereocenters. The van der Waals surface area contributed by atoms with E-state index in [0.717, 1.165) is 0 Å². The van der Waals surface area contributed by atoms with E-state index in [4.69, 9.17) is 5.11 Å². The van der Waals surface area contributed by atoms with Gasteiger partial charge >= 0.3 is 0 Å². The Balaban J connectivity index is 2.76. The summed E-state index contributed by atoms with van der Waals surface area (Å²) in [6, 6.07) is -1.27. The molecule has 0 aromatic rings. The Morgan fingerprint density at radius 1 is 1.14 bits per heavy atom. The second kappa shape index (κ2) is 4.73. The van der Waals surface area contributed by atoms with Gasteiger partial charge in [0.2, 0.25) is 0 Å². The van der Waals surface area contributed by atoms with Crippen molar-refractivity contribution in [3.05, 3.63) is 0 Å². The lowest BCUT2D eigenvalue weighted by Crippen LogP contribution is -2.65. The standard InChI is InChI=1S/C9H15NO4/c1-2-3-5-7(12)9(14)8(13)6(4-11)10-5/h5-14H,4H2,1H3/t5-,6+,7-,8+,9+/m0/s1. The molecule has 1 aliphatic heterocycles. The van der Waals surface area contributed by atoms with Gasteiger partial charge in [-0.1, -0.05) is 5.92 Å². The molecule has 14 heavy (non-hydrogen) atoms. The Morgan fingerprint density at radius 3 is 2.29 bits per heavy atom. The Kier molecular flexibility index (Phi) is 3.86. The Bertz CT molecular complexity index is 245. The quantitative estimate of drug-likeness (QED) is 0.301. The third kappa shape index (κ3) is 2.05. The van der Waals surface area contributed by atoms with Crippen LogP contribution in [-0.4, -0.2) is 57.4 Å². The molecule has 5 nitrogen and oxygen atoms in total. The summed E-state index contributed by atoms with van der Waals surface area (Å²) in [4.78, 5) is 0. The van der Waals surface area contributed by atoms with Crippen LogP contribution in [0.2, 0.25) is 0 Å². The topological polar surface area (TPSA) is 93.0 Å². The number of hydrogen-bond donors (Lipinski definition) is 5. The molecule has 0 saturated carbocycles. The van der Waals surface area contributed by atoms with Crippen molar-refractivity contribution >= 4 is 0 Å². The summed E-state index contributed by atoms with van der Waals surface area (Å²) in [6.45, 7) is 1.30. The summed E-state index contributed by atoms with van der Waals surface area (Å²) < 4.78 is 0. The van der Waals surface area contributed by atoms with Crippen LogP contribution in [0.4, 0.5) is 0 Å². The SMILES string of the molecule is CC#C[C@@H]1N[C@H](CO)[C@@H](O)[C@H](O)[C@H]1O. The smallest absolute Gasteiger partial charge is 0.110 e. The number of nitrogens with one attached hydrogen (secondary N) is 1. The Morgan fingerprint density at radius 2 is 1.79 bits per heavy atom. The van der Waals surface area contributed by atoms with Crippen molar-refractivity contribution in [2.75, 3.05) is 6.61 Å². The fraction of sp³-hybridized carbons (Fsp3) is 0.778. The van der Waals surface area contributed by atoms with E-state index in [1.165, 1.54) is 0 Å². The third-order valence-corrected chi connectivity index (χ3v) is 2.34. The molecule has 1 rings (SSSR count). The average Bonchev–Trinajstić information content (AvgIpc) is 2.19. The molecule has 5 atom stereocenters. The second-order valence-electron chi connectivity index (χ2n) is 3.30. The van der Waals surface area contributed by atoms with E-state index in [1.807, 2.05) is 0 Å². The molecule has 0 radical (unpaired) electrons. The van der Waals surface area contributed by atoms with Crippen molar-refractivity contribution in [1.29, 1.82) is 0 Å². The number of aliphatic hydroxyl groups excluding tert-OH is 4. The molecule has 0 spiro atoms. The van der Waals surface area contributed by atoms with Crippen LogP contribution in [0.15, 0.2) is 0 Å². The maximum absolute atomic E-state index is 9.50. The van der Waals surface area contributed by atoms with E-state index in [9.17, 15) is 15.3 Å². The van der Waals surface area contributed by atoms with Crippen molar-refractivity contribution in [2.45, 2.75) is 37.3 Å². The molecular weight excluding hydrogens is 186 g/mol. The van der Waals surface area contributed by atoms with E-state index >= 15 is 0 Å². The summed E-state index contributed by atoms with van der Waals surface area (Å²) in [5, 5.41) is 40.0. The van der Waals surface area contributed by atoms with Crippen molar-refractivity contribution in [2.24, 2.45) is 0 Å². The molecule has 1 fully saturated rings. The van der Waals surface area contributed by atoms with Gasteiger partial charge in [-0.15, -0.1) is 5.92 Å². The lowest BCUT2D eigenvalue weighted by atomic mass is 9.91. The van der Waals surface area contributed by atoms with Gasteiger partial charge in [0.25, 0.3) is 0 Å². The van der Waals surface area contributed by atoms with Crippen molar-refractivity contribution in [3.63, 3.8) is 0 Å². The van der Waals surface area contributed by atoms with Crippen molar-refractivity contribution in [1.82, 2.24) is 5.32 Å². The van der Waals surface area contributed by atoms with Crippen LogP contribution in [0, 0.1) is 11.8 Å². The summed E-state index contributed by atoms with van der Waals surface area (Å²) in [5.41, 5.74) is 0. The summed E-state index contributed by atoms with van der Waals surface area (Å²) in [7, 11) is 0. The number of rotatable bonds is 1. The van der Waals surface area contributed by atoms with Crippen molar-refractivity contribution < 1.29 is 20.4 Å². The van der Waals surface area contributed by atoms with E-state index < -0.39 is 30.4 Å². The molecule has 0 aliphatic carbocycles. The Labute approximate surface area is 82.4 Å². The molecule has 80 valence electrons. The fourth-order valence-corrected chi connectivity index (χ4v) is 1.51. The van der Waals surface area contributed by atoms with Gasteiger partial charge in [0.15, 0.2) is 0 Å². The van der Waals surface area contributed by atoms with E-state index in [0.29, 0.717) is 0 Å². The molecule has 0 bridgehead atoms. The van der Waals surface area contributed by atoms with Gasteiger partial charge in [-0.3, -0.25) is 5.32 Å². The van der Waals surface area contributed by atoms with Crippen LogP contribution < -0.4 is 5.32 Å². The van der Waals surface area contributed by atoms with Crippen LogP contribution in [0.25, 0.3) is 0 Å². The molecule has 5 heteroatoms. The first kappa shape index (κ1) is 11.4. The highest BCUT2D eigenvalue weighted by atomic mass is 16.4. The molecular formula is C9H15NO4. The molecule has 1 aliphatic rings. The second-order valence-corrected chi connectivity index (χ2v) is 3.30. The largest absolute Gasteiger partial charge is 0.395 e. The number of hydrogen-bond acceptors (Lipinski definition) is 5. The van der Waals surface area contributed by atoms with Gasteiger partial charge in [-0.05, 0) is 6.92 Å². The van der Waals surface area contributed by atoms with Crippen LogP contribution in [0.5, 0.6) is 0 Å². The van der Waals surface area contributed by atoms with E-state index in [1.54, 1.807) is 6.92 Å². The highest BCUT2D eigenvalue weighted by Crippen LogP contribution is 2.14. The highest BCUT2D eigenvalue weighted by molar-refractivity contribution is 5.14. The summed E-state index contributed by atoms with van der Waals surface area (Å²) in [6.07, 6.45) is -3.59. The van der Waals surface area contributed by atoms with Crippen LogP contribution in [0.1, 0.15) is 6.92 Å². The van der Waals surface area contributed by atoms with Gasteiger partial charge in [0, 0.05) is 0 Å². The molecule has 1 saturated heterocycles. The van der Waals surface area contributed by atoms with Crippen molar-refractivity contribution in [3.8, 4) is 11.8 Å². The highest BCUT2D eigenvalue weighted by Gasteiger charge is 2.41. The molecule has 5 N–H and O–H groups in total. The average molecular weight is 201 g/mol. The maximum Gasteiger partial charge on any atom is 0.110 e. The molecule has 0 amide bonds. The minimum atomic E-state index is -1.28. The lowest BCUT2D eigenvalue weighted by molar-refractivity contribution is -0.111. The zero-order valence-corrected chi connectivity index (χ0v) is 7.88. The molecule has 1 heterocycles. The van der Waals surface area contributed by atoms with Crippen LogP contribution in [-0.2, 0) is 0 Å². The van der Waals surface area contributed by atoms with E-state index in [-0.39, 0.29) is 6.61 Å². The third-order valence-electron chi connectivity index (χ3n) is 2.34. The summed E-state index contributed by atoms with van der Waals surface area (Å²) in [5.74, 6) is 5.26. The number of piperidine rings is 1. The van der Waals surface area contributed by atoms with Gasteiger partial charge in [-0.25, -0.2) is 0 Å². The zero-order valence-electron chi connectivity index (χ0n) is 7.88. The van der Waals surface area contributed by atoms with Crippen LogP contribution >= 0.6 is 0 Å². The minimum Gasteiger partial charge on any atom is -0.395 e. The maximum atomic E-state index is 9.50. The fourth-order valence-electron chi connectivity index (χ4n) is 1.51. The van der Waals surface area contributed by atoms with Gasteiger partial charge < -0.3 is 20.4 Å². The first-order chi connectivity index (χ1) is 6.61. The molecule has 0 aromatic heterocycles. The predicted molar refractivity (Wildman–Crippen MR) is 49.3 cm³/mol.